The first-order chi connectivity index (χ1) is 17.2. The standard InChI is InChI=1S/C27H32F3N3O2S/c1-17-31-21-7-6-20(15-24(21)35-17)23(34)14-19-4-2-18(3-5-19)9-12-33-13-10-25-22(16-33)32-26(36-25)8-11-27(28,29)30/h6-7,15,18-19H,2-5,8-14,16H2,1H3. The number of carbonyl (C=O) groups is 1. The minimum absolute atomic E-state index is 0.0127. The molecule has 0 spiro atoms. The highest BCUT2D eigenvalue weighted by atomic mass is 32.1. The number of rotatable bonds is 8. The van der Waals surface area contributed by atoms with Crippen LogP contribution in [0.2, 0.25) is 0 Å². The number of carbonyl (C=O) groups excluding carboxylic acids is 1. The van der Waals surface area contributed by atoms with Crippen LogP contribution in [0.4, 0.5) is 13.2 Å². The van der Waals surface area contributed by atoms with Crippen molar-refractivity contribution in [1.29, 1.82) is 0 Å². The molecule has 5 rings (SSSR count). The van der Waals surface area contributed by atoms with E-state index in [0.717, 1.165) is 74.2 Å². The Morgan fingerprint density at radius 2 is 1.94 bits per heavy atom. The number of thiazole rings is 1. The number of hydrogen-bond donors (Lipinski definition) is 0. The second-order valence-electron chi connectivity index (χ2n) is 10.3. The fourth-order valence-electron chi connectivity index (χ4n) is 5.54. The quantitative estimate of drug-likeness (QED) is 0.303. The van der Waals surface area contributed by atoms with Crippen LogP contribution in [-0.2, 0) is 19.4 Å². The number of halogens is 3. The van der Waals surface area contributed by atoms with Gasteiger partial charge in [-0.05, 0) is 62.3 Å². The minimum Gasteiger partial charge on any atom is -0.441 e. The minimum atomic E-state index is -4.13. The van der Waals surface area contributed by atoms with Crippen molar-refractivity contribution in [3.05, 3.63) is 45.2 Å². The van der Waals surface area contributed by atoms with E-state index in [2.05, 4.69) is 14.9 Å². The Morgan fingerprint density at radius 3 is 2.72 bits per heavy atom. The molecule has 0 amide bonds. The molecule has 1 fully saturated rings. The van der Waals surface area contributed by atoms with Gasteiger partial charge in [-0.1, -0.05) is 12.8 Å². The summed E-state index contributed by atoms with van der Waals surface area (Å²) in [5.74, 6) is 1.89. The van der Waals surface area contributed by atoms with Gasteiger partial charge in [-0.15, -0.1) is 11.3 Å². The lowest BCUT2D eigenvalue weighted by Gasteiger charge is -2.31. The van der Waals surface area contributed by atoms with Gasteiger partial charge < -0.3 is 4.42 Å². The molecule has 0 N–H and O–H groups in total. The first kappa shape index (κ1) is 25.4. The van der Waals surface area contributed by atoms with Crippen LogP contribution in [0.3, 0.4) is 0 Å². The van der Waals surface area contributed by atoms with E-state index >= 15 is 0 Å². The summed E-state index contributed by atoms with van der Waals surface area (Å²) in [7, 11) is 0. The topological polar surface area (TPSA) is 59.2 Å². The molecule has 3 aromatic rings. The molecule has 0 unspecified atom stereocenters. The van der Waals surface area contributed by atoms with Crippen LogP contribution in [0.1, 0.15) is 76.8 Å². The lowest BCUT2D eigenvalue weighted by atomic mass is 9.78. The fraction of sp³-hybridized carbons (Fsp3) is 0.593. The number of nitrogens with zero attached hydrogens (tertiary/aromatic N) is 3. The van der Waals surface area contributed by atoms with E-state index in [9.17, 15) is 18.0 Å². The number of benzene rings is 1. The van der Waals surface area contributed by atoms with Gasteiger partial charge in [0.15, 0.2) is 17.3 Å². The summed E-state index contributed by atoms with van der Waals surface area (Å²) in [6.07, 6.45) is 2.12. The van der Waals surface area contributed by atoms with Gasteiger partial charge in [0.25, 0.3) is 0 Å². The van der Waals surface area contributed by atoms with Gasteiger partial charge in [0.05, 0.1) is 10.7 Å². The number of Topliss-reactive ketones (excluding diaryl/α,β-unsaturated/α-hetero) is 1. The number of alkyl halides is 3. The summed E-state index contributed by atoms with van der Waals surface area (Å²) in [6, 6.07) is 5.52. The van der Waals surface area contributed by atoms with Crippen LogP contribution in [0, 0.1) is 18.8 Å². The Morgan fingerprint density at radius 1 is 1.17 bits per heavy atom. The van der Waals surface area contributed by atoms with Gasteiger partial charge in [0, 0.05) is 49.7 Å². The van der Waals surface area contributed by atoms with E-state index in [0.29, 0.717) is 40.3 Å². The van der Waals surface area contributed by atoms with E-state index in [-0.39, 0.29) is 12.2 Å². The Bertz CT molecular complexity index is 1210. The average Bonchev–Trinajstić information content (AvgIpc) is 3.42. The molecular formula is C27H32F3N3O2S. The molecule has 194 valence electrons. The fourth-order valence-corrected chi connectivity index (χ4v) is 6.60. The highest BCUT2D eigenvalue weighted by Crippen LogP contribution is 2.34. The molecule has 2 aromatic heterocycles. The van der Waals surface area contributed by atoms with Crippen molar-refractivity contribution in [1.82, 2.24) is 14.9 Å². The highest BCUT2D eigenvalue weighted by Gasteiger charge is 2.29. The zero-order valence-electron chi connectivity index (χ0n) is 20.6. The number of fused-ring (bicyclic) bond motifs is 2. The van der Waals surface area contributed by atoms with Gasteiger partial charge in [-0.2, -0.15) is 13.2 Å². The van der Waals surface area contributed by atoms with Crippen LogP contribution in [0.5, 0.6) is 0 Å². The van der Waals surface area contributed by atoms with Crippen molar-refractivity contribution < 1.29 is 22.4 Å². The van der Waals surface area contributed by atoms with E-state index in [1.54, 1.807) is 6.92 Å². The number of oxazole rings is 1. The Labute approximate surface area is 213 Å². The summed E-state index contributed by atoms with van der Waals surface area (Å²) in [6.45, 7) is 4.50. The highest BCUT2D eigenvalue weighted by molar-refractivity contribution is 7.11. The monoisotopic (exact) mass is 519 g/mol. The SMILES string of the molecule is Cc1nc2ccc(C(=O)CC3CCC(CCN4CCc5sc(CCC(F)(F)F)nc5C4)CC3)cc2o1. The lowest BCUT2D eigenvalue weighted by molar-refractivity contribution is -0.134. The zero-order chi connectivity index (χ0) is 25.3. The molecule has 0 saturated heterocycles. The molecule has 0 atom stereocenters. The molecule has 1 aliphatic heterocycles. The van der Waals surface area contributed by atoms with Crippen molar-refractivity contribution in [2.45, 2.75) is 77.4 Å². The molecule has 2 aliphatic rings. The third kappa shape index (κ3) is 6.35. The van der Waals surface area contributed by atoms with E-state index in [4.69, 9.17) is 4.42 Å². The predicted octanol–water partition coefficient (Wildman–Crippen LogP) is 6.92. The summed E-state index contributed by atoms with van der Waals surface area (Å²) >= 11 is 1.46. The molecular weight excluding hydrogens is 487 g/mol. The average molecular weight is 520 g/mol. The lowest BCUT2D eigenvalue weighted by Crippen LogP contribution is -2.32. The molecule has 9 heteroatoms. The van der Waals surface area contributed by atoms with Crippen molar-refractivity contribution in [3.8, 4) is 0 Å². The largest absolute Gasteiger partial charge is 0.441 e. The van der Waals surface area contributed by atoms with Gasteiger partial charge in [0.1, 0.15) is 5.52 Å². The molecule has 36 heavy (non-hydrogen) atoms. The summed E-state index contributed by atoms with van der Waals surface area (Å²) in [4.78, 5) is 25.2. The summed E-state index contributed by atoms with van der Waals surface area (Å²) < 4.78 is 43.2. The van der Waals surface area contributed by atoms with E-state index in [1.165, 1.54) is 11.3 Å². The Hall–Kier alpha value is -2.26. The van der Waals surface area contributed by atoms with Crippen LogP contribution in [0.25, 0.3) is 11.1 Å². The first-order valence-electron chi connectivity index (χ1n) is 12.9. The molecule has 1 saturated carbocycles. The molecule has 0 bridgehead atoms. The van der Waals surface area contributed by atoms with E-state index < -0.39 is 12.6 Å². The smallest absolute Gasteiger partial charge is 0.389 e. The number of hydrogen-bond acceptors (Lipinski definition) is 6. The van der Waals surface area contributed by atoms with E-state index in [1.807, 2.05) is 18.2 Å². The predicted molar refractivity (Wildman–Crippen MR) is 133 cm³/mol. The number of aryl methyl sites for hydroxylation is 2. The van der Waals surface area contributed by atoms with Gasteiger partial charge in [-0.25, -0.2) is 9.97 Å². The van der Waals surface area contributed by atoms with Crippen LogP contribution in [0.15, 0.2) is 22.6 Å². The maximum absolute atomic E-state index is 12.8. The molecule has 0 radical (unpaired) electrons. The first-order valence-corrected chi connectivity index (χ1v) is 13.7. The van der Waals surface area contributed by atoms with Crippen LogP contribution < -0.4 is 0 Å². The third-order valence-electron chi connectivity index (χ3n) is 7.58. The maximum atomic E-state index is 12.8. The van der Waals surface area contributed by atoms with Gasteiger partial charge in [0.2, 0.25) is 0 Å². The molecule has 1 aliphatic carbocycles. The van der Waals surface area contributed by atoms with Gasteiger partial charge >= 0.3 is 6.18 Å². The summed E-state index contributed by atoms with van der Waals surface area (Å²) in [5, 5.41) is 0.614. The zero-order valence-corrected chi connectivity index (χ0v) is 21.4. The van der Waals surface area contributed by atoms with Crippen LogP contribution >= 0.6 is 11.3 Å². The third-order valence-corrected chi connectivity index (χ3v) is 8.80. The van der Waals surface area contributed by atoms with Gasteiger partial charge in [-0.3, -0.25) is 9.69 Å². The van der Waals surface area contributed by atoms with Crippen molar-refractivity contribution >= 4 is 28.2 Å². The Kier molecular flexibility index (Phi) is 7.49. The second-order valence-corrected chi connectivity index (χ2v) is 11.5. The number of ketones is 1. The normalized spacial score (nSPS) is 21.1. The molecule has 3 heterocycles. The Balaban J connectivity index is 1.04. The number of aromatic nitrogens is 2. The second kappa shape index (κ2) is 10.6. The van der Waals surface area contributed by atoms with Crippen molar-refractivity contribution in [2.75, 3.05) is 13.1 Å². The maximum Gasteiger partial charge on any atom is 0.389 e. The molecule has 1 aromatic carbocycles. The van der Waals surface area contributed by atoms with Crippen LogP contribution in [-0.4, -0.2) is 39.9 Å². The molecule has 5 nitrogen and oxygen atoms in total. The summed E-state index contributed by atoms with van der Waals surface area (Å²) in [5.41, 5.74) is 3.13. The van der Waals surface area contributed by atoms with Crippen molar-refractivity contribution in [3.63, 3.8) is 0 Å². The van der Waals surface area contributed by atoms with Crippen molar-refractivity contribution in [2.24, 2.45) is 11.8 Å².